The van der Waals surface area contributed by atoms with E-state index < -0.39 is 0 Å². The maximum atomic E-state index is 2.28. The van der Waals surface area contributed by atoms with Gasteiger partial charge < -0.3 is 0 Å². The van der Waals surface area contributed by atoms with Crippen molar-refractivity contribution >= 4 is 0 Å². The Balaban J connectivity index is 1.52. The van der Waals surface area contributed by atoms with Crippen molar-refractivity contribution in [2.45, 2.75) is 44.9 Å². The Bertz CT molecular complexity index is 465. The smallest absolute Gasteiger partial charge is 0.0197 e. The second-order valence-corrected chi connectivity index (χ2v) is 6.40. The van der Waals surface area contributed by atoms with Gasteiger partial charge in [-0.2, -0.15) is 0 Å². The second-order valence-electron chi connectivity index (χ2n) is 6.40. The first-order valence-electron chi connectivity index (χ1n) is 8.31. The van der Waals surface area contributed by atoms with E-state index in [0.717, 1.165) is 5.92 Å². The monoisotopic (exact) mass is 277 g/mol. The van der Waals surface area contributed by atoms with Crippen molar-refractivity contribution in [2.24, 2.45) is 5.92 Å². The predicted octanol–water partition coefficient (Wildman–Crippen LogP) is 5.63. The summed E-state index contributed by atoms with van der Waals surface area (Å²) in [5.41, 5.74) is 2.99. The molecule has 1 saturated carbocycles. The molecule has 1 aliphatic carbocycles. The van der Waals surface area contributed by atoms with Gasteiger partial charge in [0.2, 0.25) is 0 Å². The van der Waals surface area contributed by atoms with Crippen LogP contribution in [0.2, 0.25) is 0 Å². The summed E-state index contributed by atoms with van der Waals surface area (Å²) < 4.78 is 0. The van der Waals surface area contributed by atoms with Crippen LogP contribution in [-0.2, 0) is 12.8 Å². The quantitative estimate of drug-likeness (QED) is 0.636. The Morgan fingerprint density at radius 3 is 2.10 bits per heavy atom. The molecule has 0 spiro atoms. The highest BCUT2D eigenvalue weighted by Gasteiger charge is 2.19. The second kappa shape index (κ2) is 7.45. The van der Waals surface area contributed by atoms with Gasteiger partial charge in [-0.05, 0) is 55.1 Å². The van der Waals surface area contributed by atoms with E-state index in [4.69, 9.17) is 0 Å². The molecule has 0 bridgehead atoms. The predicted molar refractivity (Wildman–Crippen MR) is 90.1 cm³/mol. The molecule has 0 nitrogen and oxygen atoms in total. The van der Waals surface area contributed by atoms with Crippen LogP contribution in [0.3, 0.4) is 0 Å². The molecule has 1 atom stereocenters. The molecule has 0 aromatic heterocycles. The topological polar surface area (TPSA) is 0 Å². The fourth-order valence-electron chi connectivity index (χ4n) is 3.53. The van der Waals surface area contributed by atoms with Gasteiger partial charge in [-0.1, -0.05) is 73.5 Å². The molecule has 0 heteroatoms. The number of hydrogen-bond donors (Lipinski definition) is 0. The van der Waals surface area contributed by atoms with E-state index in [1.807, 2.05) is 0 Å². The van der Waals surface area contributed by atoms with Gasteiger partial charge in [0.05, 0.1) is 0 Å². The largest absolute Gasteiger partial charge is 0.0622 e. The van der Waals surface area contributed by atoms with E-state index in [1.165, 1.54) is 56.1 Å². The van der Waals surface area contributed by atoms with Crippen molar-refractivity contribution in [3.05, 3.63) is 77.7 Å². The van der Waals surface area contributed by atoms with Crippen molar-refractivity contribution in [2.75, 3.05) is 0 Å². The average Bonchev–Trinajstić information content (AvgIpc) is 2.75. The van der Waals surface area contributed by atoms with Crippen LogP contribution in [-0.4, -0.2) is 0 Å². The van der Waals surface area contributed by atoms with E-state index in [1.54, 1.807) is 5.92 Å². The highest BCUT2D eigenvalue weighted by atomic mass is 14.2. The minimum Gasteiger partial charge on any atom is -0.0622 e. The van der Waals surface area contributed by atoms with Crippen molar-refractivity contribution < 1.29 is 0 Å². The molecule has 3 rings (SSSR count). The Kier molecular flexibility index (Phi) is 5.10. The molecule has 0 amide bonds. The zero-order valence-corrected chi connectivity index (χ0v) is 12.8. The Morgan fingerprint density at radius 2 is 1.38 bits per heavy atom. The molecule has 1 unspecified atom stereocenters. The van der Waals surface area contributed by atoms with Crippen LogP contribution in [0.5, 0.6) is 0 Å². The lowest BCUT2D eigenvalue weighted by atomic mass is 9.90. The van der Waals surface area contributed by atoms with Gasteiger partial charge in [0, 0.05) is 0 Å². The maximum absolute atomic E-state index is 2.28. The third kappa shape index (κ3) is 4.46. The molecular formula is C21H25. The van der Waals surface area contributed by atoms with Crippen molar-refractivity contribution in [3.63, 3.8) is 0 Å². The summed E-state index contributed by atoms with van der Waals surface area (Å²) in [6, 6.07) is 21.9. The minimum absolute atomic E-state index is 0.876. The van der Waals surface area contributed by atoms with Crippen LogP contribution in [0, 0.1) is 11.8 Å². The molecule has 1 fully saturated rings. The molecular weight excluding hydrogens is 252 g/mol. The van der Waals surface area contributed by atoms with E-state index in [2.05, 4.69) is 60.7 Å². The van der Waals surface area contributed by atoms with Crippen LogP contribution in [0.4, 0.5) is 0 Å². The highest BCUT2D eigenvalue weighted by molar-refractivity contribution is 5.20. The van der Waals surface area contributed by atoms with Crippen LogP contribution >= 0.6 is 0 Å². The molecule has 21 heavy (non-hydrogen) atoms. The summed E-state index contributed by atoms with van der Waals surface area (Å²) in [6.07, 6.45) is 9.26. The van der Waals surface area contributed by atoms with Gasteiger partial charge in [-0.3, -0.25) is 0 Å². The van der Waals surface area contributed by atoms with Crippen LogP contribution < -0.4 is 0 Å². The third-order valence-corrected chi connectivity index (χ3v) is 4.71. The van der Waals surface area contributed by atoms with Gasteiger partial charge >= 0.3 is 0 Å². The lowest BCUT2D eigenvalue weighted by Gasteiger charge is -2.15. The first-order chi connectivity index (χ1) is 10.4. The molecule has 0 saturated heterocycles. The summed E-state index contributed by atoms with van der Waals surface area (Å²) >= 11 is 0. The summed E-state index contributed by atoms with van der Waals surface area (Å²) in [7, 11) is 0. The Hall–Kier alpha value is -1.56. The molecule has 109 valence electrons. The van der Waals surface area contributed by atoms with Gasteiger partial charge in [0.1, 0.15) is 0 Å². The minimum atomic E-state index is 0.876. The molecule has 1 radical (unpaired) electrons. The zero-order chi connectivity index (χ0) is 14.3. The summed E-state index contributed by atoms with van der Waals surface area (Å²) in [6.45, 7) is 0. The maximum Gasteiger partial charge on any atom is -0.0197 e. The van der Waals surface area contributed by atoms with Gasteiger partial charge in [-0.25, -0.2) is 0 Å². The normalized spacial score (nSPS) is 20.1. The van der Waals surface area contributed by atoms with Crippen molar-refractivity contribution in [1.29, 1.82) is 0 Å². The van der Waals surface area contributed by atoms with Gasteiger partial charge in [0.25, 0.3) is 0 Å². The molecule has 0 N–H and O–H groups in total. The Labute approximate surface area is 129 Å². The van der Waals surface area contributed by atoms with E-state index in [9.17, 15) is 0 Å². The SMILES string of the molecule is c1ccc(C[C]2CCCC(Cc3ccccc3)CC2)cc1. The lowest BCUT2D eigenvalue weighted by Crippen LogP contribution is -2.04. The molecule has 0 heterocycles. The van der Waals surface area contributed by atoms with Crippen LogP contribution in [0.1, 0.15) is 43.2 Å². The molecule has 0 aliphatic heterocycles. The summed E-state index contributed by atoms with van der Waals surface area (Å²) in [5, 5.41) is 0. The van der Waals surface area contributed by atoms with E-state index in [0.29, 0.717) is 0 Å². The number of hydrogen-bond acceptors (Lipinski definition) is 0. The zero-order valence-electron chi connectivity index (χ0n) is 12.8. The summed E-state index contributed by atoms with van der Waals surface area (Å²) in [4.78, 5) is 0. The first kappa shape index (κ1) is 14.4. The van der Waals surface area contributed by atoms with Crippen LogP contribution in [0.25, 0.3) is 0 Å². The van der Waals surface area contributed by atoms with E-state index in [-0.39, 0.29) is 0 Å². The third-order valence-electron chi connectivity index (χ3n) is 4.71. The standard InChI is InChI=1S/C21H25/c1-3-8-18(9-4-1)16-20-12-7-13-21(15-14-20)17-19-10-5-2-6-11-19/h1-6,8-11,20H,7,12-17H2. The number of benzene rings is 2. The molecule has 2 aromatic carbocycles. The molecule has 2 aromatic rings. The fourth-order valence-corrected chi connectivity index (χ4v) is 3.53. The first-order valence-corrected chi connectivity index (χ1v) is 8.31. The Morgan fingerprint density at radius 1 is 0.714 bits per heavy atom. The van der Waals surface area contributed by atoms with Gasteiger partial charge in [-0.15, -0.1) is 0 Å². The van der Waals surface area contributed by atoms with Crippen LogP contribution in [0.15, 0.2) is 60.7 Å². The van der Waals surface area contributed by atoms with E-state index >= 15 is 0 Å². The van der Waals surface area contributed by atoms with Crippen molar-refractivity contribution in [3.8, 4) is 0 Å². The van der Waals surface area contributed by atoms with Gasteiger partial charge in [0.15, 0.2) is 0 Å². The lowest BCUT2D eigenvalue weighted by molar-refractivity contribution is 0.458. The fraction of sp³-hybridized carbons (Fsp3) is 0.381. The highest BCUT2D eigenvalue weighted by Crippen LogP contribution is 2.32. The summed E-state index contributed by atoms with van der Waals surface area (Å²) in [5.74, 6) is 2.64. The number of rotatable bonds is 4. The average molecular weight is 277 g/mol. The van der Waals surface area contributed by atoms with Crippen molar-refractivity contribution in [1.82, 2.24) is 0 Å². The molecule has 1 aliphatic rings.